The van der Waals surface area contributed by atoms with Crippen molar-refractivity contribution in [1.82, 2.24) is 5.32 Å². The zero-order valence-electron chi connectivity index (χ0n) is 14.1. The Morgan fingerprint density at radius 1 is 1.12 bits per heavy atom. The normalized spacial score (nSPS) is 22.2. The Kier molecular flexibility index (Phi) is 4.11. The van der Waals surface area contributed by atoms with E-state index in [1.807, 2.05) is 49.5 Å². The van der Waals surface area contributed by atoms with Gasteiger partial charge in [0.2, 0.25) is 0 Å². The molecule has 2 atom stereocenters. The molecule has 1 N–H and O–H groups in total. The van der Waals surface area contributed by atoms with Crippen molar-refractivity contribution in [3.63, 3.8) is 0 Å². The molecule has 0 saturated heterocycles. The highest BCUT2D eigenvalue weighted by atomic mass is 16.2. The molecule has 3 heteroatoms. The largest absolute Gasteiger partial charge is 0.313 e. The molecular weight excluding hydrogens is 296 g/mol. The first-order valence-electron chi connectivity index (χ1n) is 8.89. The summed E-state index contributed by atoms with van der Waals surface area (Å²) in [4.78, 5) is 14.5. The van der Waals surface area contributed by atoms with Crippen molar-refractivity contribution < 1.29 is 4.79 Å². The highest BCUT2D eigenvalue weighted by Gasteiger charge is 2.39. The van der Waals surface area contributed by atoms with Gasteiger partial charge in [0.25, 0.3) is 5.91 Å². The van der Waals surface area contributed by atoms with Crippen LogP contribution in [-0.2, 0) is 0 Å². The number of amides is 1. The van der Waals surface area contributed by atoms with Crippen molar-refractivity contribution >= 4 is 11.6 Å². The summed E-state index contributed by atoms with van der Waals surface area (Å²) in [5, 5.41) is 3.67. The topological polar surface area (TPSA) is 32.3 Å². The van der Waals surface area contributed by atoms with Crippen LogP contribution in [0.15, 0.2) is 54.6 Å². The molecule has 0 bridgehead atoms. The third kappa shape index (κ3) is 3.36. The molecule has 2 aliphatic rings. The lowest BCUT2D eigenvalue weighted by molar-refractivity contribution is 0.0993. The van der Waals surface area contributed by atoms with E-state index in [-0.39, 0.29) is 5.91 Å². The average molecular weight is 320 g/mol. The maximum Gasteiger partial charge on any atom is 0.258 e. The van der Waals surface area contributed by atoms with Gasteiger partial charge in [-0.2, -0.15) is 0 Å². The van der Waals surface area contributed by atoms with Crippen molar-refractivity contribution in [2.45, 2.75) is 31.2 Å². The van der Waals surface area contributed by atoms with Gasteiger partial charge < -0.3 is 10.2 Å². The van der Waals surface area contributed by atoms with Crippen LogP contribution in [0.3, 0.4) is 0 Å². The van der Waals surface area contributed by atoms with Crippen LogP contribution >= 0.6 is 0 Å². The molecule has 0 aromatic heterocycles. The Labute approximate surface area is 143 Å². The SMILES string of the molecule is CN(C(=O)c1cccc(C2CC2NCC2CC2)c1)c1ccccc1. The zero-order chi connectivity index (χ0) is 16.5. The van der Waals surface area contributed by atoms with Crippen LogP contribution in [0.1, 0.15) is 41.1 Å². The number of nitrogens with zero attached hydrogens (tertiary/aromatic N) is 1. The number of hydrogen-bond acceptors (Lipinski definition) is 2. The maximum absolute atomic E-state index is 12.8. The molecule has 4 rings (SSSR count). The Morgan fingerprint density at radius 2 is 1.92 bits per heavy atom. The van der Waals surface area contributed by atoms with E-state index >= 15 is 0 Å². The first-order chi connectivity index (χ1) is 11.7. The molecule has 0 heterocycles. The minimum atomic E-state index is 0.0474. The lowest BCUT2D eigenvalue weighted by Crippen LogP contribution is -2.26. The Morgan fingerprint density at radius 3 is 2.67 bits per heavy atom. The summed E-state index contributed by atoms with van der Waals surface area (Å²) in [6, 6.07) is 18.5. The van der Waals surface area contributed by atoms with Crippen LogP contribution in [0.25, 0.3) is 0 Å². The van der Waals surface area contributed by atoms with Crippen LogP contribution in [0.4, 0.5) is 5.69 Å². The first kappa shape index (κ1) is 15.4. The number of rotatable bonds is 6. The summed E-state index contributed by atoms with van der Waals surface area (Å²) in [5.74, 6) is 1.53. The summed E-state index contributed by atoms with van der Waals surface area (Å²) in [7, 11) is 1.83. The number of carbonyl (C=O) groups excluding carboxylic acids is 1. The molecule has 24 heavy (non-hydrogen) atoms. The van der Waals surface area contributed by atoms with E-state index in [0.717, 1.165) is 23.7 Å². The molecule has 2 aliphatic carbocycles. The predicted molar refractivity (Wildman–Crippen MR) is 97.5 cm³/mol. The van der Waals surface area contributed by atoms with E-state index < -0.39 is 0 Å². The fourth-order valence-electron chi connectivity index (χ4n) is 3.29. The second kappa shape index (κ2) is 6.40. The van der Waals surface area contributed by atoms with E-state index in [4.69, 9.17) is 0 Å². The number of para-hydroxylation sites is 1. The molecule has 2 fully saturated rings. The fourth-order valence-corrected chi connectivity index (χ4v) is 3.29. The molecule has 2 aromatic carbocycles. The number of benzene rings is 2. The van der Waals surface area contributed by atoms with Gasteiger partial charge in [0, 0.05) is 30.3 Å². The van der Waals surface area contributed by atoms with E-state index in [0.29, 0.717) is 12.0 Å². The Hall–Kier alpha value is -2.13. The standard InChI is InChI=1S/C21H24N2O/c1-23(18-8-3-2-4-9-18)21(24)17-7-5-6-16(12-17)19-13-20(19)22-14-15-10-11-15/h2-9,12,15,19-20,22H,10-11,13-14H2,1H3. The molecule has 3 nitrogen and oxygen atoms in total. The second-order valence-electron chi connectivity index (χ2n) is 7.13. The minimum Gasteiger partial charge on any atom is -0.313 e. The molecule has 0 aliphatic heterocycles. The highest BCUT2D eigenvalue weighted by Crippen LogP contribution is 2.42. The summed E-state index contributed by atoms with van der Waals surface area (Å²) in [6.45, 7) is 1.16. The minimum absolute atomic E-state index is 0.0474. The van der Waals surface area contributed by atoms with Gasteiger partial charge in [-0.3, -0.25) is 4.79 Å². The van der Waals surface area contributed by atoms with Crippen molar-refractivity contribution in [2.24, 2.45) is 5.92 Å². The van der Waals surface area contributed by atoms with Gasteiger partial charge in [-0.15, -0.1) is 0 Å². The number of carbonyl (C=O) groups is 1. The quantitative estimate of drug-likeness (QED) is 0.877. The van der Waals surface area contributed by atoms with Gasteiger partial charge in [-0.25, -0.2) is 0 Å². The molecule has 124 valence electrons. The molecule has 0 radical (unpaired) electrons. The van der Waals surface area contributed by atoms with Gasteiger partial charge in [0.1, 0.15) is 0 Å². The number of anilines is 1. The van der Waals surface area contributed by atoms with Gasteiger partial charge in [-0.05, 0) is 61.6 Å². The Bertz CT molecular complexity index is 724. The summed E-state index contributed by atoms with van der Waals surface area (Å²) < 4.78 is 0. The highest BCUT2D eigenvalue weighted by molar-refractivity contribution is 6.05. The lowest BCUT2D eigenvalue weighted by atomic mass is 10.1. The molecular formula is C21H24N2O. The fraction of sp³-hybridized carbons (Fsp3) is 0.381. The van der Waals surface area contributed by atoms with Gasteiger partial charge in [0.15, 0.2) is 0 Å². The molecule has 2 aromatic rings. The van der Waals surface area contributed by atoms with Crippen LogP contribution < -0.4 is 10.2 Å². The molecule has 2 saturated carbocycles. The van der Waals surface area contributed by atoms with Crippen LogP contribution in [-0.4, -0.2) is 25.5 Å². The van der Waals surface area contributed by atoms with Crippen molar-refractivity contribution in [3.8, 4) is 0 Å². The summed E-state index contributed by atoms with van der Waals surface area (Å²) >= 11 is 0. The van der Waals surface area contributed by atoms with Crippen LogP contribution in [0.5, 0.6) is 0 Å². The molecule has 2 unspecified atom stereocenters. The van der Waals surface area contributed by atoms with Gasteiger partial charge in [-0.1, -0.05) is 30.3 Å². The first-order valence-corrected chi connectivity index (χ1v) is 8.89. The van der Waals surface area contributed by atoms with E-state index in [1.165, 1.54) is 24.8 Å². The summed E-state index contributed by atoms with van der Waals surface area (Å²) in [5.41, 5.74) is 2.98. The predicted octanol–water partition coefficient (Wildman–Crippen LogP) is 3.82. The summed E-state index contributed by atoms with van der Waals surface area (Å²) in [6.07, 6.45) is 3.97. The smallest absolute Gasteiger partial charge is 0.258 e. The van der Waals surface area contributed by atoms with Gasteiger partial charge >= 0.3 is 0 Å². The van der Waals surface area contributed by atoms with Crippen LogP contribution in [0.2, 0.25) is 0 Å². The maximum atomic E-state index is 12.8. The lowest BCUT2D eigenvalue weighted by Gasteiger charge is -2.17. The van der Waals surface area contributed by atoms with E-state index in [1.54, 1.807) is 4.90 Å². The third-order valence-corrected chi connectivity index (χ3v) is 5.17. The Balaban J connectivity index is 1.43. The monoisotopic (exact) mass is 320 g/mol. The average Bonchev–Trinajstić information content (AvgIpc) is 3.54. The molecule has 0 spiro atoms. The number of hydrogen-bond donors (Lipinski definition) is 1. The number of nitrogens with one attached hydrogen (secondary N) is 1. The van der Waals surface area contributed by atoms with E-state index in [9.17, 15) is 4.79 Å². The van der Waals surface area contributed by atoms with Crippen molar-refractivity contribution in [2.75, 3.05) is 18.5 Å². The van der Waals surface area contributed by atoms with Crippen molar-refractivity contribution in [1.29, 1.82) is 0 Å². The molecule has 1 amide bonds. The third-order valence-electron chi connectivity index (χ3n) is 5.17. The van der Waals surface area contributed by atoms with Crippen LogP contribution in [0, 0.1) is 5.92 Å². The van der Waals surface area contributed by atoms with Gasteiger partial charge in [0.05, 0.1) is 0 Å². The zero-order valence-corrected chi connectivity index (χ0v) is 14.1. The van der Waals surface area contributed by atoms with E-state index in [2.05, 4.69) is 17.4 Å². The second-order valence-corrected chi connectivity index (χ2v) is 7.13. The van der Waals surface area contributed by atoms with Crippen molar-refractivity contribution in [3.05, 3.63) is 65.7 Å².